The number of nitrogens with two attached hydrogens (primary N) is 1. The van der Waals surface area contributed by atoms with Gasteiger partial charge in [-0.25, -0.2) is 4.98 Å². The Morgan fingerprint density at radius 1 is 1.36 bits per heavy atom. The number of ether oxygens (including phenoxy) is 2. The third-order valence-electron chi connectivity index (χ3n) is 3.47. The van der Waals surface area contributed by atoms with E-state index in [0.29, 0.717) is 9.90 Å². The molecule has 0 fully saturated rings. The summed E-state index contributed by atoms with van der Waals surface area (Å²) in [5.41, 5.74) is 6.59. The fourth-order valence-electron chi connectivity index (χ4n) is 2.18. The normalized spacial score (nSPS) is 10.8. The van der Waals surface area contributed by atoms with Crippen LogP contribution in [0.4, 0.5) is 8.78 Å². The van der Waals surface area contributed by atoms with E-state index in [0.717, 1.165) is 10.6 Å². The van der Waals surface area contributed by atoms with E-state index in [-0.39, 0.29) is 36.1 Å². The Balaban J connectivity index is 1.86. The number of nitrogens with one attached hydrogen (secondary N) is 1. The second kappa shape index (κ2) is 10.2. The van der Waals surface area contributed by atoms with E-state index in [1.807, 2.05) is 0 Å². The molecule has 0 radical (unpaired) electrons. The van der Waals surface area contributed by atoms with Crippen LogP contribution in [0.3, 0.4) is 0 Å². The molecule has 0 spiro atoms. The fraction of sp³-hybridized carbons (Fsp3) is 0.353. The van der Waals surface area contributed by atoms with E-state index >= 15 is 0 Å². The quantitative estimate of drug-likeness (QED) is 0.560. The van der Waals surface area contributed by atoms with Gasteiger partial charge in [0.1, 0.15) is 0 Å². The van der Waals surface area contributed by atoms with Crippen molar-refractivity contribution in [3.05, 3.63) is 34.3 Å². The Bertz CT molecular complexity index is 846. The molecular formula is C17H19F2N3O4S2. The highest BCUT2D eigenvalue weighted by Gasteiger charge is 2.13. The minimum atomic E-state index is -2.95. The van der Waals surface area contributed by atoms with Crippen molar-refractivity contribution in [3.63, 3.8) is 0 Å². The van der Waals surface area contributed by atoms with Crippen molar-refractivity contribution < 1.29 is 27.8 Å². The summed E-state index contributed by atoms with van der Waals surface area (Å²) in [4.78, 5) is 28.2. The molecule has 0 saturated carbocycles. The fourth-order valence-corrected chi connectivity index (χ4v) is 4.25. The number of halogens is 2. The van der Waals surface area contributed by atoms with Gasteiger partial charge < -0.3 is 20.5 Å². The van der Waals surface area contributed by atoms with Crippen LogP contribution in [-0.2, 0) is 22.6 Å². The van der Waals surface area contributed by atoms with Gasteiger partial charge in [0.2, 0.25) is 11.8 Å². The zero-order valence-electron chi connectivity index (χ0n) is 15.2. The lowest BCUT2D eigenvalue weighted by Crippen LogP contribution is -2.24. The minimum absolute atomic E-state index is 0.0750. The lowest BCUT2D eigenvalue weighted by atomic mass is 10.2. The summed E-state index contributed by atoms with van der Waals surface area (Å²) >= 11 is 2.59. The largest absolute Gasteiger partial charge is 0.493 e. The highest BCUT2D eigenvalue weighted by molar-refractivity contribution is 8.01. The second-order valence-electron chi connectivity index (χ2n) is 5.56. The Morgan fingerprint density at radius 2 is 2.11 bits per heavy atom. The molecule has 2 amide bonds. The maximum atomic E-state index is 12.3. The van der Waals surface area contributed by atoms with Gasteiger partial charge in [-0.1, -0.05) is 17.8 Å². The number of thiazole rings is 1. The Kier molecular flexibility index (Phi) is 8.00. The molecule has 0 aliphatic rings. The number of alkyl halides is 2. The first kappa shape index (κ1) is 21.9. The average Bonchev–Trinajstić information content (AvgIpc) is 2.97. The first-order valence-corrected chi connectivity index (χ1v) is 9.84. The molecule has 2 rings (SSSR count). The predicted molar refractivity (Wildman–Crippen MR) is 102 cm³/mol. The molecule has 1 heterocycles. The number of benzene rings is 1. The van der Waals surface area contributed by atoms with E-state index in [4.69, 9.17) is 10.5 Å². The van der Waals surface area contributed by atoms with Crippen LogP contribution in [0.1, 0.15) is 16.1 Å². The minimum Gasteiger partial charge on any atom is -0.493 e. The highest BCUT2D eigenvalue weighted by Crippen LogP contribution is 2.30. The van der Waals surface area contributed by atoms with Gasteiger partial charge in [0, 0.05) is 11.4 Å². The molecule has 152 valence electrons. The lowest BCUT2D eigenvalue weighted by molar-refractivity contribution is -0.119. The van der Waals surface area contributed by atoms with Gasteiger partial charge in [0.15, 0.2) is 15.8 Å². The summed E-state index contributed by atoms with van der Waals surface area (Å²) in [6.07, 6.45) is 0.128. The number of nitrogens with zero attached hydrogens (tertiary/aromatic N) is 1. The molecule has 1 aromatic heterocycles. The van der Waals surface area contributed by atoms with Gasteiger partial charge in [-0.05, 0) is 24.6 Å². The molecule has 7 nitrogen and oxygen atoms in total. The van der Waals surface area contributed by atoms with Crippen molar-refractivity contribution in [1.82, 2.24) is 10.3 Å². The first-order chi connectivity index (χ1) is 13.3. The molecule has 0 aliphatic heterocycles. The maximum Gasteiger partial charge on any atom is 0.387 e. The van der Waals surface area contributed by atoms with Gasteiger partial charge in [0.05, 0.1) is 25.0 Å². The van der Waals surface area contributed by atoms with Crippen LogP contribution in [0.15, 0.2) is 22.5 Å². The van der Waals surface area contributed by atoms with Crippen LogP contribution in [0.5, 0.6) is 11.5 Å². The molecule has 11 heteroatoms. The number of hydrogen-bond donors (Lipinski definition) is 2. The van der Waals surface area contributed by atoms with Gasteiger partial charge in [-0.2, -0.15) is 8.78 Å². The van der Waals surface area contributed by atoms with Gasteiger partial charge in [0.25, 0.3) is 0 Å². The summed E-state index contributed by atoms with van der Waals surface area (Å²) in [7, 11) is 1.34. The summed E-state index contributed by atoms with van der Waals surface area (Å²) in [6, 6.07) is 4.44. The van der Waals surface area contributed by atoms with Gasteiger partial charge >= 0.3 is 6.61 Å². The zero-order valence-corrected chi connectivity index (χ0v) is 16.8. The third kappa shape index (κ3) is 6.64. The van der Waals surface area contributed by atoms with Crippen LogP contribution < -0.4 is 20.5 Å². The third-order valence-corrected chi connectivity index (χ3v) is 5.77. The summed E-state index contributed by atoms with van der Waals surface area (Å²) in [5, 5.41) is 2.73. The Morgan fingerprint density at radius 3 is 2.75 bits per heavy atom. The molecule has 28 heavy (non-hydrogen) atoms. The predicted octanol–water partition coefficient (Wildman–Crippen LogP) is 2.50. The number of aryl methyl sites for hydroxylation is 1. The molecule has 0 saturated heterocycles. The Hall–Kier alpha value is -2.40. The number of aromatic nitrogens is 1. The monoisotopic (exact) mass is 431 g/mol. The number of methoxy groups -OCH3 is 1. The number of hydrogen-bond acceptors (Lipinski definition) is 7. The topological polar surface area (TPSA) is 104 Å². The lowest BCUT2D eigenvalue weighted by Gasteiger charge is -2.11. The Labute approximate surface area is 168 Å². The molecule has 1 aromatic carbocycles. The van der Waals surface area contributed by atoms with Crippen molar-refractivity contribution in [2.24, 2.45) is 5.73 Å². The number of carbonyl (C=O) groups excluding carboxylic acids is 2. The second-order valence-corrected chi connectivity index (χ2v) is 7.87. The molecule has 0 aliphatic carbocycles. The molecule has 0 atom stereocenters. The molecule has 0 unspecified atom stereocenters. The first-order valence-electron chi connectivity index (χ1n) is 8.04. The van der Waals surface area contributed by atoms with Gasteiger partial charge in [-0.15, -0.1) is 11.3 Å². The van der Waals surface area contributed by atoms with Crippen LogP contribution in [0, 0.1) is 6.92 Å². The highest BCUT2D eigenvalue weighted by atomic mass is 32.2. The average molecular weight is 431 g/mol. The smallest absolute Gasteiger partial charge is 0.387 e. The van der Waals surface area contributed by atoms with Crippen molar-refractivity contribution in [2.75, 3.05) is 12.9 Å². The number of amides is 2. The SMILES string of the molecule is COc1cc(CNC(=O)CSc2nc(C)c(CC(N)=O)s2)ccc1OC(F)F. The zero-order chi connectivity index (χ0) is 20.7. The van der Waals surface area contributed by atoms with E-state index in [1.54, 1.807) is 13.0 Å². The van der Waals surface area contributed by atoms with Crippen molar-refractivity contribution in [2.45, 2.75) is 30.8 Å². The maximum absolute atomic E-state index is 12.3. The number of carbonyl (C=O) groups is 2. The van der Waals surface area contributed by atoms with Crippen LogP contribution in [0.2, 0.25) is 0 Å². The standard InChI is InChI=1S/C17H19F2N3O4S2/c1-9-13(6-14(20)23)28-17(22-9)27-8-15(24)21-7-10-3-4-11(26-16(18)19)12(5-10)25-2/h3-5,16H,6-8H2,1-2H3,(H2,20,23)(H,21,24). The van der Waals surface area contributed by atoms with E-state index in [9.17, 15) is 18.4 Å². The molecular weight excluding hydrogens is 412 g/mol. The van der Waals surface area contributed by atoms with Crippen LogP contribution >= 0.6 is 23.1 Å². The summed E-state index contributed by atoms with van der Waals surface area (Å²) < 4.78 is 34.7. The van der Waals surface area contributed by atoms with Crippen LogP contribution in [-0.4, -0.2) is 36.3 Å². The summed E-state index contributed by atoms with van der Waals surface area (Å²) in [6.45, 7) is -0.961. The number of primary amides is 1. The van der Waals surface area contributed by atoms with E-state index in [2.05, 4.69) is 15.0 Å². The van der Waals surface area contributed by atoms with Crippen molar-refractivity contribution in [1.29, 1.82) is 0 Å². The molecule has 2 aromatic rings. The number of rotatable bonds is 10. The number of thioether (sulfide) groups is 1. The van der Waals surface area contributed by atoms with Crippen molar-refractivity contribution in [3.8, 4) is 11.5 Å². The summed E-state index contributed by atoms with van der Waals surface area (Å²) in [5.74, 6) is -0.425. The van der Waals surface area contributed by atoms with E-state index < -0.39 is 12.5 Å². The molecule has 0 bridgehead atoms. The van der Waals surface area contributed by atoms with Crippen molar-refractivity contribution >= 4 is 34.9 Å². The van der Waals surface area contributed by atoms with Crippen LogP contribution in [0.25, 0.3) is 0 Å². The molecule has 3 N–H and O–H groups in total. The van der Waals surface area contributed by atoms with Gasteiger partial charge in [-0.3, -0.25) is 9.59 Å². The van der Waals surface area contributed by atoms with E-state index in [1.165, 1.54) is 42.3 Å².